The lowest BCUT2D eigenvalue weighted by atomic mass is 9.83. The van der Waals surface area contributed by atoms with Gasteiger partial charge >= 0.3 is 0 Å². The highest BCUT2D eigenvalue weighted by atomic mass is 16.5. The Kier molecular flexibility index (Phi) is 2.81. The van der Waals surface area contributed by atoms with Gasteiger partial charge in [0.2, 0.25) is 11.8 Å². The quantitative estimate of drug-likeness (QED) is 0.789. The minimum absolute atomic E-state index is 0.270. The lowest BCUT2D eigenvalue weighted by molar-refractivity contribution is 0.217. The predicted octanol–water partition coefficient (Wildman–Crippen LogP) is 1.63. The number of hydrogen-bond donors (Lipinski definition) is 1. The SMILES string of the molecule is Nc1nccc(OCCC2CCC2)n1. The lowest BCUT2D eigenvalue weighted by Crippen LogP contribution is -2.14. The second-order valence-corrected chi connectivity index (χ2v) is 3.69. The molecular weight excluding hydrogens is 178 g/mol. The fourth-order valence-electron chi connectivity index (χ4n) is 1.55. The van der Waals surface area contributed by atoms with Gasteiger partial charge in [0.15, 0.2) is 0 Å². The Labute approximate surface area is 83.5 Å². The molecule has 1 aromatic heterocycles. The fraction of sp³-hybridized carbons (Fsp3) is 0.600. The Morgan fingerprint density at radius 3 is 3.00 bits per heavy atom. The zero-order valence-electron chi connectivity index (χ0n) is 8.15. The highest BCUT2D eigenvalue weighted by Gasteiger charge is 2.16. The van der Waals surface area contributed by atoms with Crippen LogP contribution in [0.2, 0.25) is 0 Å². The Hall–Kier alpha value is -1.32. The molecule has 0 amide bonds. The molecule has 0 aromatic carbocycles. The number of ether oxygens (including phenoxy) is 1. The normalized spacial score (nSPS) is 16.3. The summed E-state index contributed by atoms with van der Waals surface area (Å²) >= 11 is 0. The van der Waals surface area contributed by atoms with E-state index in [1.807, 2.05) is 0 Å². The molecule has 1 aliphatic rings. The van der Waals surface area contributed by atoms with Gasteiger partial charge in [0, 0.05) is 12.3 Å². The molecule has 76 valence electrons. The molecule has 0 bridgehead atoms. The summed E-state index contributed by atoms with van der Waals surface area (Å²) in [5, 5.41) is 0. The second kappa shape index (κ2) is 4.26. The molecule has 14 heavy (non-hydrogen) atoms. The van der Waals surface area contributed by atoms with Crippen LogP contribution in [0.15, 0.2) is 12.3 Å². The average Bonchev–Trinajstić information content (AvgIpc) is 2.09. The van der Waals surface area contributed by atoms with E-state index in [1.54, 1.807) is 12.3 Å². The minimum Gasteiger partial charge on any atom is -0.478 e. The summed E-state index contributed by atoms with van der Waals surface area (Å²) in [4.78, 5) is 7.76. The zero-order chi connectivity index (χ0) is 9.80. The van der Waals surface area contributed by atoms with Crippen LogP contribution in [0.5, 0.6) is 5.88 Å². The first-order valence-electron chi connectivity index (χ1n) is 5.06. The van der Waals surface area contributed by atoms with E-state index in [-0.39, 0.29) is 5.95 Å². The molecule has 0 atom stereocenters. The van der Waals surface area contributed by atoms with Crippen LogP contribution in [0.25, 0.3) is 0 Å². The number of hydrogen-bond acceptors (Lipinski definition) is 4. The summed E-state index contributed by atoms with van der Waals surface area (Å²) in [6.45, 7) is 0.737. The number of anilines is 1. The topological polar surface area (TPSA) is 61.0 Å². The van der Waals surface area contributed by atoms with E-state index in [0.717, 1.165) is 18.9 Å². The lowest BCUT2D eigenvalue weighted by Gasteiger charge is -2.24. The van der Waals surface area contributed by atoms with E-state index in [9.17, 15) is 0 Å². The summed E-state index contributed by atoms with van der Waals surface area (Å²) in [5.41, 5.74) is 5.43. The maximum atomic E-state index is 5.46. The highest BCUT2D eigenvalue weighted by Crippen LogP contribution is 2.29. The number of aromatic nitrogens is 2. The number of nitrogens with two attached hydrogens (primary N) is 1. The molecular formula is C10H15N3O. The van der Waals surface area contributed by atoms with Gasteiger partial charge in [0.25, 0.3) is 0 Å². The van der Waals surface area contributed by atoms with Crippen molar-refractivity contribution in [3.05, 3.63) is 12.3 Å². The monoisotopic (exact) mass is 193 g/mol. The van der Waals surface area contributed by atoms with Crippen LogP contribution in [-0.4, -0.2) is 16.6 Å². The van der Waals surface area contributed by atoms with E-state index in [4.69, 9.17) is 10.5 Å². The molecule has 1 heterocycles. The molecule has 4 heteroatoms. The van der Waals surface area contributed by atoms with Gasteiger partial charge in [-0.25, -0.2) is 4.98 Å². The molecule has 1 fully saturated rings. The molecule has 0 aliphatic heterocycles. The maximum absolute atomic E-state index is 5.46. The standard InChI is InChI=1S/C10H15N3O/c11-10-12-6-4-9(13-10)14-7-5-8-2-1-3-8/h4,6,8H,1-3,5,7H2,(H2,11,12,13). The van der Waals surface area contributed by atoms with Crippen LogP contribution in [0.4, 0.5) is 5.95 Å². The van der Waals surface area contributed by atoms with Crippen LogP contribution >= 0.6 is 0 Å². The van der Waals surface area contributed by atoms with Crippen molar-refractivity contribution in [2.45, 2.75) is 25.7 Å². The molecule has 0 spiro atoms. The fourth-order valence-corrected chi connectivity index (χ4v) is 1.55. The predicted molar refractivity (Wildman–Crippen MR) is 53.9 cm³/mol. The first kappa shape index (κ1) is 9.24. The van der Waals surface area contributed by atoms with Gasteiger partial charge in [-0.3, -0.25) is 0 Å². The first-order chi connectivity index (χ1) is 6.84. The van der Waals surface area contributed by atoms with Crippen molar-refractivity contribution in [2.75, 3.05) is 12.3 Å². The van der Waals surface area contributed by atoms with Gasteiger partial charge in [-0.05, 0) is 12.3 Å². The summed E-state index contributed by atoms with van der Waals surface area (Å²) in [6.07, 6.45) is 6.83. The van der Waals surface area contributed by atoms with Gasteiger partial charge < -0.3 is 10.5 Å². The van der Waals surface area contributed by atoms with Crippen LogP contribution in [0, 0.1) is 5.92 Å². The molecule has 4 nitrogen and oxygen atoms in total. The number of nitrogen functional groups attached to an aromatic ring is 1. The zero-order valence-corrected chi connectivity index (χ0v) is 8.15. The summed E-state index contributed by atoms with van der Waals surface area (Å²) in [5.74, 6) is 1.72. The van der Waals surface area contributed by atoms with Crippen molar-refractivity contribution in [3.8, 4) is 5.88 Å². The van der Waals surface area contributed by atoms with Crippen molar-refractivity contribution in [3.63, 3.8) is 0 Å². The Balaban J connectivity index is 1.74. The van der Waals surface area contributed by atoms with Gasteiger partial charge in [-0.15, -0.1) is 0 Å². The third-order valence-corrected chi connectivity index (χ3v) is 2.65. The van der Waals surface area contributed by atoms with Gasteiger partial charge in [-0.1, -0.05) is 19.3 Å². The first-order valence-corrected chi connectivity index (χ1v) is 5.06. The third-order valence-electron chi connectivity index (χ3n) is 2.65. The second-order valence-electron chi connectivity index (χ2n) is 3.69. The molecule has 2 rings (SSSR count). The maximum Gasteiger partial charge on any atom is 0.223 e. The molecule has 2 N–H and O–H groups in total. The molecule has 1 saturated carbocycles. The summed E-state index contributed by atoms with van der Waals surface area (Å²) in [7, 11) is 0. The molecule has 0 radical (unpaired) electrons. The average molecular weight is 193 g/mol. The van der Waals surface area contributed by atoms with Gasteiger partial charge in [0.05, 0.1) is 6.61 Å². The van der Waals surface area contributed by atoms with E-state index < -0.39 is 0 Å². The van der Waals surface area contributed by atoms with Crippen LogP contribution < -0.4 is 10.5 Å². The van der Waals surface area contributed by atoms with Crippen molar-refractivity contribution in [2.24, 2.45) is 5.92 Å². The van der Waals surface area contributed by atoms with Crippen LogP contribution in [0.1, 0.15) is 25.7 Å². The number of rotatable bonds is 4. The smallest absolute Gasteiger partial charge is 0.223 e. The van der Waals surface area contributed by atoms with E-state index in [2.05, 4.69) is 9.97 Å². The number of nitrogens with zero attached hydrogens (tertiary/aromatic N) is 2. The van der Waals surface area contributed by atoms with E-state index in [0.29, 0.717) is 5.88 Å². The highest BCUT2D eigenvalue weighted by molar-refractivity contribution is 5.20. The Morgan fingerprint density at radius 1 is 1.50 bits per heavy atom. The third kappa shape index (κ3) is 2.34. The molecule has 0 saturated heterocycles. The molecule has 1 aromatic rings. The molecule has 1 aliphatic carbocycles. The van der Waals surface area contributed by atoms with Crippen LogP contribution in [-0.2, 0) is 0 Å². The van der Waals surface area contributed by atoms with Crippen molar-refractivity contribution >= 4 is 5.95 Å². The Bertz CT molecular complexity index is 299. The molecule has 0 unspecified atom stereocenters. The minimum atomic E-state index is 0.270. The van der Waals surface area contributed by atoms with E-state index >= 15 is 0 Å². The van der Waals surface area contributed by atoms with Crippen LogP contribution in [0.3, 0.4) is 0 Å². The Morgan fingerprint density at radius 2 is 2.36 bits per heavy atom. The summed E-state index contributed by atoms with van der Waals surface area (Å²) < 4.78 is 5.46. The van der Waals surface area contributed by atoms with E-state index in [1.165, 1.54) is 19.3 Å². The largest absolute Gasteiger partial charge is 0.478 e. The van der Waals surface area contributed by atoms with Crippen molar-refractivity contribution in [1.82, 2.24) is 9.97 Å². The van der Waals surface area contributed by atoms with Gasteiger partial charge in [-0.2, -0.15) is 4.98 Å². The summed E-state index contributed by atoms with van der Waals surface area (Å²) in [6, 6.07) is 1.73. The van der Waals surface area contributed by atoms with Crippen molar-refractivity contribution in [1.29, 1.82) is 0 Å². The van der Waals surface area contributed by atoms with Crippen molar-refractivity contribution < 1.29 is 4.74 Å². The van der Waals surface area contributed by atoms with Gasteiger partial charge in [0.1, 0.15) is 0 Å².